The maximum absolute atomic E-state index is 14.5. The fourth-order valence-electron chi connectivity index (χ4n) is 4.17. The van der Waals surface area contributed by atoms with E-state index in [1.165, 1.54) is 11.1 Å². The molecule has 0 radical (unpaired) electrons. The molecule has 0 saturated carbocycles. The highest BCUT2D eigenvalue weighted by atomic mass is 28.3. The second kappa shape index (κ2) is 5.71. The van der Waals surface area contributed by atoms with Gasteiger partial charge in [-0.2, -0.15) is 0 Å². The highest BCUT2D eigenvalue weighted by Crippen LogP contribution is 2.51. The third kappa shape index (κ3) is 2.33. The molecule has 2 aromatic carbocycles. The second-order valence-electron chi connectivity index (χ2n) is 7.26. The number of allylic oxidation sites excluding steroid dienone is 5. The van der Waals surface area contributed by atoms with Crippen molar-refractivity contribution in [1.82, 2.24) is 0 Å². The van der Waals surface area contributed by atoms with E-state index in [4.69, 9.17) is 0 Å². The quantitative estimate of drug-likeness (QED) is 0.586. The van der Waals surface area contributed by atoms with E-state index in [2.05, 4.69) is 67.7 Å². The fourth-order valence-corrected chi connectivity index (χ4v) is 7.88. The SMILES string of the molecule is C[Si](C)(C1C=CC=C1)C1C(c2ccccc2F)=Cc2ccccc21. The molecule has 0 amide bonds. The molecule has 0 spiro atoms. The van der Waals surface area contributed by atoms with Crippen molar-refractivity contribution in [3.8, 4) is 0 Å². The third-order valence-corrected chi connectivity index (χ3v) is 9.68. The maximum Gasteiger partial charge on any atom is 0.130 e. The molecule has 0 saturated heterocycles. The first-order valence-electron chi connectivity index (χ1n) is 8.49. The van der Waals surface area contributed by atoms with Crippen LogP contribution in [0.4, 0.5) is 4.39 Å². The minimum Gasteiger partial charge on any atom is -0.206 e. The van der Waals surface area contributed by atoms with E-state index in [9.17, 15) is 4.39 Å². The molecule has 1 atom stereocenters. The van der Waals surface area contributed by atoms with Crippen molar-refractivity contribution >= 4 is 19.7 Å². The number of halogens is 1. The van der Waals surface area contributed by atoms with Crippen LogP contribution in [-0.2, 0) is 0 Å². The molecule has 0 heterocycles. The predicted octanol–water partition coefficient (Wildman–Crippen LogP) is 6.21. The van der Waals surface area contributed by atoms with Gasteiger partial charge in [-0.3, -0.25) is 0 Å². The fraction of sp³-hybridized carbons (Fsp3) is 0.182. The zero-order chi connectivity index (χ0) is 16.7. The molecule has 2 aromatic rings. The summed E-state index contributed by atoms with van der Waals surface area (Å²) >= 11 is 0. The average Bonchev–Trinajstić information content (AvgIpc) is 3.23. The lowest BCUT2D eigenvalue weighted by Gasteiger charge is -2.36. The summed E-state index contributed by atoms with van der Waals surface area (Å²) < 4.78 is 14.5. The molecule has 0 fully saturated rings. The largest absolute Gasteiger partial charge is 0.206 e. The van der Waals surface area contributed by atoms with Gasteiger partial charge in [0.05, 0.1) is 8.07 Å². The molecule has 24 heavy (non-hydrogen) atoms. The summed E-state index contributed by atoms with van der Waals surface area (Å²) in [5.41, 5.74) is 5.31. The van der Waals surface area contributed by atoms with E-state index in [0.29, 0.717) is 11.1 Å². The van der Waals surface area contributed by atoms with Gasteiger partial charge < -0.3 is 0 Å². The Bertz CT molecular complexity index is 861. The lowest BCUT2D eigenvalue weighted by atomic mass is 10.0. The molecule has 0 N–H and O–H groups in total. The van der Waals surface area contributed by atoms with Gasteiger partial charge in [-0.25, -0.2) is 4.39 Å². The molecule has 2 heteroatoms. The highest BCUT2D eigenvalue weighted by Gasteiger charge is 2.44. The van der Waals surface area contributed by atoms with Gasteiger partial charge in [0.1, 0.15) is 5.82 Å². The summed E-state index contributed by atoms with van der Waals surface area (Å²) in [5.74, 6) is -0.121. The Morgan fingerprint density at radius 2 is 1.54 bits per heavy atom. The van der Waals surface area contributed by atoms with E-state index in [-0.39, 0.29) is 5.82 Å². The second-order valence-corrected chi connectivity index (χ2v) is 12.1. The van der Waals surface area contributed by atoms with Gasteiger partial charge in [0.2, 0.25) is 0 Å². The van der Waals surface area contributed by atoms with Crippen molar-refractivity contribution in [2.45, 2.75) is 24.2 Å². The predicted molar refractivity (Wildman–Crippen MR) is 103 cm³/mol. The first-order valence-corrected chi connectivity index (χ1v) is 11.6. The molecule has 2 aliphatic rings. The summed E-state index contributed by atoms with van der Waals surface area (Å²) in [6, 6.07) is 15.7. The van der Waals surface area contributed by atoms with Gasteiger partial charge >= 0.3 is 0 Å². The van der Waals surface area contributed by atoms with E-state index < -0.39 is 8.07 Å². The topological polar surface area (TPSA) is 0 Å². The van der Waals surface area contributed by atoms with Gasteiger partial charge in [-0.05, 0) is 28.3 Å². The number of rotatable bonds is 3. The molecule has 0 bridgehead atoms. The Morgan fingerprint density at radius 3 is 2.29 bits per heavy atom. The van der Waals surface area contributed by atoms with Crippen LogP contribution in [0.1, 0.15) is 22.2 Å². The van der Waals surface area contributed by atoms with E-state index in [0.717, 1.165) is 11.1 Å². The molecular weight excluding hydrogens is 311 g/mol. The number of fused-ring (bicyclic) bond motifs is 1. The number of hydrogen-bond donors (Lipinski definition) is 0. The number of benzene rings is 2. The normalized spacial score (nSPS) is 19.6. The Kier molecular flexibility index (Phi) is 3.65. The minimum absolute atomic E-state index is 0.121. The van der Waals surface area contributed by atoms with Crippen LogP contribution in [0.5, 0.6) is 0 Å². The van der Waals surface area contributed by atoms with Gasteiger partial charge in [0.25, 0.3) is 0 Å². The van der Waals surface area contributed by atoms with Crippen LogP contribution >= 0.6 is 0 Å². The Hall–Kier alpha value is -2.19. The molecule has 0 aromatic heterocycles. The van der Waals surface area contributed by atoms with Crippen molar-refractivity contribution in [2.75, 3.05) is 0 Å². The lowest BCUT2D eigenvalue weighted by molar-refractivity contribution is 0.623. The Labute approximate surface area is 144 Å². The van der Waals surface area contributed by atoms with E-state index in [1.54, 1.807) is 12.1 Å². The van der Waals surface area contributed by atoms with Crippen molar-refractivity contribution in [3.05, 3.63) is 95.3 Å². The zero-order valence-corrected chi connectivity index (χ0v) is 15.0. The van der Waals surface area contributed by atoms with Crippen molar-refractivity contribution < 1.29 is 4.39 Å². The lowest BCUT2D eigenvalue weighted by Crippen LogP contribution is -2.38. The number of hydrogen-bond acceptors (Lipinski definition) is 0. The maximum atomic E-state index is 14.5. The zero-order valence-electron chi connectivity index (χ0n) is 14.0. The van der Waals surface area contributed by atoms with E-state index >= 15 is 0 Å². The summed E-state index contributed by atoms with van der Waals surface area (Å²) in [5, 5.41) is 0. The van der Waals surface area contributed by atoms with Crippen LogP contribution in [0.3, 0.4) is 0 Å². The molecule has 4 rings (SSSR count). The van der Waals surface area contributed by atoms with Crippen LogP contribution in [0.2, 0.25) is 18.6 Å². The average molecular weight is 332 g/mol. The summed E-state index contributed by atoms with van der Waals surface area (Å²) in [4.78, 5) is 0. The molecule has 120 valence electrons. The van der Waals surface area contributed by atoms with Gasteiger partial charge in [-0.1, -0.05) is 85.9 Å². The first kappa shape index (κ1) is 15.3. The van der Waals surface area contributed by atoms with Crippen LogP contribution in [0.15, 0.2) is 72.8 Å². The molecule has 1 unspecified atom stereocenters. The summed E-state index contributed by atoms with van der Waals surface area (Å²) in [6.07, 6.45) is 11.1. The van der Waals surface area contributed by atoms with Gasteiger partial charge in [0, 0.05) is 11.1 Å². The standard InChI is InChI=1S/C22H21FSi/c1-24(2,17-10-4-5-11-17)22-18-12-6-3-9-16(18)15-20(22)19-13-7-8-14-21(19)23/h3-15,17,22H,1-2H3. The van der Waals surface area contributed by atoms with Crippen LogP contribution in [0, 0.1) is 5.82 Å². The van der Waals surface area contributed by atoms with Crippen molar-refractivity contribution in [3.63, 3.8) is 0 Å². The van der Waals surface area contributed by atoms with Crippen LogP contribution < -0.4 is 0 Å². The van der Waals surface area contributed by atoms with Crippen molar-refractivity contribution in [1.29, 1.82) is 0 Å². The third-order valence-electron chi connectivity index (χ3n) is 5.47. The summed E-state index contributed by atoms with van der Waals surface area (Å²) in [7, 11) is -1.77. The molecular formula is C22H21FSi. The monoisotopic (exact) mass is 332 g/mol. The van der Waals surface area contributed by atoms with Gasteiger partial charge in [-0.15, -0.1) is 0 Å². The highest BCUT2D eigenvalue weighted by molar-refractivity contribution is 6.83. The Morgan fingerprint density at radius 1 is 0.875 bits per heavy atom. The summed E-state index contributed by atoms with van der Waals surface area (Å²) in [6.45, 7) is 4.86. The smallest absolute Gasteiger partial charge is 0.130 e. The molecule has 0 aliphatic heterocycles. The first-order chi connectivity index (χ1) is 11.6. The minimum atomic E-state index is -1.77. The molecule has 2 aliphatic carbocycles. The van der Waals surface area contributed by atoms with Crippen molar-refractivity contribution in [2.24, 2.45) is 0 Å². The van der Waals surface area contributed by atoms with E-state index in [1.807, 2.05) is 12.1 Å². The molecule has 0 nitrogen and oxygen atoms in total. The van der Waals surface area contributed by atoms with Crippen LogP contribution in [0.25, 0.3) is 11.6 Å². The van der Waals surface area contributed by atoms with Gasteiger partial charge in [0.15, 0.2) is 0 Å². The van der Waals surface area contributed by atoms with Crippen LogP contribution in [-0.4, -0.2) is 8.07 Å². The Balaban J connectivity index is 1.88.